The highest BCUT2D eigenvalue weighted by atomic mass is 16.5. The van der Waals surface area contributed by atoms with Gasteiger partial charge in [0.1, 0.15) is 5.78 Å². The van der Waals surface area contributed by atoms with Gasteiger partial charge in [-0.25, -0.2) is 0 Å². The van der Waals surface area contributed by atoms with Crippen molar-refractivity contribution in [1.82, 2.24) is 0 Å². The molecule has 137 valence electrons. The molecule has 4 heteroatoms. The number of ketones is 1. The minimum Gasteiger partial charge on any atom is -0.427 e. The molecule has 3 nitrogen and oxygen atoms in total. The van der Waals surface area contributed by atoms with Crippen LogP contribution >= 0.6 is 0 Å². The molecule has 1 aromatic rings. The first-order valence-corrected chi connectivity index (χ1v) is 9.51. The molecular formula is C21H32BO3. The number of hydrogen-bond donors (Lipinski definition) is 1. The second-order valence-electron chi connectivity index (χ2n) is 8.42. The van der Waals surface area contributed by atoms with Crippen LogP contribution in [0.1, 0.15) is 71.8 Å². The number of aliphatic hydroxyl groups is 1. The lowest BCUT2D eigenvalue weighted by atomic mass is 9.82. The summed E-state index contributed by atoms with van der Waals surface area (Å²) in [7, 11) is 1.72. The van der Waals surface area contributed by atoms with E-state index in [1.165, 1.54) is 18.4 Å². The number of carbonyl (C=O) groups excluding carboxylic acids is 1. The summed E-state index contributed by atoms with van der Waals surface area (Å²) in [6, 6.07) is 8.42. The Kier molecular flexibility index (Phi) is 6.87. The third-order valence-electron chi connectivity index (χ3n) is 5.68. The summed E-state index contributed by atoms with van der Waals surface area (Å²) in [5, 5.41) is 10.1. The molecule has 1 aromatic carbocycles. The highest BCUT2D eigenvalue weighted by Crippen LogP contribution is 2.26. The van der Waals surface area contributed by atoms with Crippen LogP contribution in [-0.2, 0) is 15.9 Å². The molecule has 1 atom stereocenters. The second-order valence-corrected chi connectivity index (χ2v) is 8.42. The van der Waals surface area contributed by atoms with Gasteiger partial charge >= 0.3 is 7.48 Å². The van der Waals surface area contributed by atoms with Gasteiger partial charge in [0.2, 0.25) is 0 Å². The Hall–Kier alpha value is -1.13. The zero-order valence-corrected chi connectivity index (χ0v) is 16.2. The van der Waals surface area contributed by atoms with Gasteiger partial charge in [0.25, 0.3) is 0 Å². The van der Waals surface area contributed by atoms with Crippen LogP contribution in [0, 0.1) is 5.92 Å². The average molecular weight is 343 g/mol. The van der Waals surface area contributed by atoms with Crippen molar-refractivity contribution in [2.75, 3.05) is 0 Å². The van der Waals surface area contributed by atoms with Crippen LogP contribution in [0.15, 0.2) is 24.3 Å². The van der Waals surface area contributed by atoms with Gasteiger partial charge in [-0.15, -0.1) is 0 Å². The first-order chi connectivity index (χ1) is 11.7. The molecule has 2 rings (SSSR count). The minimum absolute atomic E-state index is 0.441. The van der Waals surface area contributed by atoms with Crippen LogP contribution in [0.3, 0.4) is 0 Å². The highest BCUT2D eigenvalue weighted by Gasteiger charge is 2.35. The van der Waals surface area contributed by atoms with Gasteiger partial charge in [-0.2, -0.15) is 0 Å². The van der Waals surface area contributed by atoms with Gasteiger partial charge in [-0.3, -0.25) is 4.79 Å². The summed E-state index contributed by atoms with van der Waals surface area (Å²) in [5.74, 6) is 1.13. The second kappa shape index (κ2) is 8.50. The smallest absolute Gasteiger partial charge is 0.330 e. The maximum absolute atomic E-state index is 11.5. The van der Waals surface area contributed by atoms with Crippen LogP contribution in [0.25, 0.3) is 0 Å². The van der Waals surface area contributed by atoms with Crippen LogP contribution in [0.2, 0.25) is 0 Å². The Balaban J connectivity index is 1.80. The number of Topliss-reactive ketones (excluding diaryl/α,β-unsaturated/α-hetero) is 1. The van der Waals surface area contributed by atoms with Crippen LogP contribution in [0.4, 0.5) is 0 Å². The van der Waals surface area contributed by atoms with E-state index >= 15 is 0 Å². The molecule has 1 aliphatic rings. The zero-order chi connectivity index (χ0) is 18.5. The Morgan fingerprint density at radius 1 is 1.12 bits per heavy atom. The lowest BCUT2D eigenvalue weighted by Gasteiger charge is -2.37. The van der Waals surface area contributed by atoms with Crippen molar-refractivity contribution in [2.24, 2.45) is 5.92 Å². The van der Waals surface area contributed by atoms with E-state index in [-0.39, 0.29) is 0 Å². The van der Waals surface area contributed by atoms with Crippen molar-refractivity contribution in [3.63, 3.8) is 0 Å². The van der Waals surface area contributed by atoms with Crippen molar-refractivity contribution in [2.45, 2.75) is 83.8 Å². The van der Waals surface area contributed by atoms with E-state index in [1.807, 2.05) is 13.8 Å². The van der Waals surface area contributed by atoms with E-state index in [4.69, 9.17) is 4.65 Å². The molecule has 0 aliphatic heterocycles. The van der Waals surface area contributed by atoms with Gasteiger partial charge in [0.15, 0.2) is 0 Å². The first kappa shape index (κ1) is 20.2. The number of carbonyl (C=O) groups is 1. The number of aryl methyl sites for hydroxylation is 1. The predicted molar refractivity (Wildman–Crippen MR) is 103 cm³/mol. The Morgan fingerprint density at radius 3 is 2.44 bits per heavy atom. The van der Waals surface area contributed by atoms with Gasteiger partial charge in [-0.05, 0) is 64.9 Å². The number of hydrogen-bond acceptors (Lipinski definition) is 3. The molecule has 1 unspecified atom stereocenters. The van der Waals surface area contributed by atoms with Crippen molar-refractivity contribution in [3.8, 4) is 0 Å². The summed E-state index contributed by atoms with van der Waals surface area (Å²) in [6.45, 7) is 7.28. The van der Waals surface area contributed by atoms with Gasteiger partial charge in [0, 0.05) is 12.8 Å². The molecule has 25 heavy (non-hydrogen) atoms. The van der Waals surface area contributed by atoms with Crippen LogP contribution in [0.5, 0.6) is 0 Å². The number of rotatable bonds is 7. The summed E-state index contributed by atoms with van der Waals surface area (Å²) >= 11 is 0. The standard InChI is InChI=1S/C21H32BO3/c1-20(2,24)21(3,4)25-22-18-13-10-17(11-14-18)9-8-16-6-5-7-19(23)15-12-16/h10-11,13-14,16,24H,5-9,12,15H2,1-4H3. The highest BCUT2D eigenvalue weighted by molar-refractivity contribution is 6.47. The van der Waals surface area contributed by atoms with E-state index in [2.05, 4.69) is 24.3 Å². The topological polar surface area (TPSA) is 46.5 Å². The SMILES string of the molecule is CC(C)(O)C(C)(C)O[B]c1ccc(CCC2CCCC(=O)CC2)cc1. The van der Waals surface area contributed by atoms with Gasteiger partial charge < -0.3 is 9.76 Å². The Labute approximate surface area is 153 Å². The molecule has 1 aliphatic carbocycles. The van der Waals surface area contributed by atoms with E-state index in [9.17, 15) is 9.90 Å². The fourth-order valence-electron chi connectivity index (χ4n) is 3.00. The Bertz CT molecular complexity index is 557. The molecule has 0 amide bonds. The van der Waals surface area contributed by atoms with Crippen molar-refractivity contribution < 1.29 is 14.6 Å². The fraction of sp³-hybridized carbons (Fsp3) is 0.667. The largest absolute Gasteiger partial charge is 0.427 e. The van der Waals surface area contributed by atoms with E-state index < -0.39 is 11.2 Å². The maximum atomic E-state index is 11.5. The fourth-order valence-corrected chi connectivity index (χ4v) is 3.00. The molecule has 0 heterocycles. The van der Waals surface area contributed by atoms with E-state index in [0.717, 1.165) is 37.6 Å². The zero-order valence-electron chi connectivity index (χ0n) is 16.2. The molecule has 1 fully saturated rings. The van der Waals surface area contributed by atoms with Gasteiger partial charge in [-0.1, -0.05) is 36.1 Å². The summed E-state index contributed by atoms with van der Waals surface area (Å²) in [4.78, 5) is 11.5. The molecule has 0 aromatic heterocycles. The molecule has 0 bridgehead atoms. The molecule has 1 radical (unpaired) electrons. The third-order valence-corrected chi connectivity index (χ3v) is 5.68. The van der Waals surface area contributed by atoms with Crippen molar-refractivity contribution in [1.29, 1.82) is 0 Å². The normalized spacial score (nSPS) is 19.6. The molecule has 1 saturated carbocycles. The summed E-state index contributed by atoms with van der Waals surface area (Å²) < 4.78 is 5.79. The van der Waals surface area contributed by atoms with Gasteiger partial charge in [0.05, 0.1) is 11.2 Å². The van der Waals surface area contributed by atoms with E-state index in [0.29, 0.717) is 11.7 Å². The van der Waals surface area contributed by atoms with E-state index in [1.54, 1.807) is 21.3 Å². The predicted octanol–water partition coefficient (Wildman–Crippen LogP) is 3.58. The third kappa shape index (κ3) is 6.27. The van der Waals surface area contributed by atoms with Crippen LogP contribution in [-0.4, -0.2) is 29.6 Å². The average Bonchev–Trinajstić information content (AvgIpc) is 2.75. The lowest BCUT2D eigenvalue weighted by molar-refractivity contribution is -0.118. The lowest BCUT2D eigenvalue weighted by Crippen LogP contribution is -2.49. The molecule has 1 N–H and O–H groups in total. The molecule has 0 spiro atoms. The minimum atomic E-state index is -0.913. The molecule has 0 saturated heterocycles. The molecular weight excluding hydrogens is 311 g/mol. The summed E-state index contributed by atoms with van der Waals surface area (Å²) in [5.41, 5.74) is 0.766. The maximum Gasteiger partial charge on any atom is 0.330 e. The Morgan fingerprint density at radius 2 is 1.80 bits per heavy atom. The monoisotopic (exact) mass is 343 g/mol. The number of benzene rings is 1. The summed E-state index contributed by atoms with van der Waals surface area (Å²) in [6.07, 6.45) is 7.09. The first-order valence-electron chi connectivity index (χ1n) is 9.51. The van der Waals surface area contributed by atoms with Crippen molar-refractivity contribution >= 4 is 18.7 Å². The quantitative estimate of drug-likeness (QED) is 0.608. The van der Waals surface area contributed by atoms with Crippen LogP contribution < -0.4 is 5.46 Å². The van der Waals surface area contributed by atoms with Crippen molar-refractivity contribution in [3.05, 3.63) is 29.8 Å².